The third-order valence-corrected chi connectivity index (χ3v) is 6.12. The Morgan fingerprint density at radius 1 is 0.472 bits per heavy atom. The number of hydrogen-bond acceptors (Lipinski definition) is 4. The van der Waals surface area contributed by atoms with Gasteiger partial charge in [0.25, 0.3) is 0 Å². The first-order valence-corrected chi connectivity index (χ1v) is 13.3. The lowest BCUT2D eigenvalue weighted by Crippen LogP contribution is -1.98. The Morgan fingerprint density at radius 2 is 0.861 bits per heavy atom. The second kappa shape index (κ2) is 14.9. The first-order chi connectivity index (χ1) is 17.6. The van der Waals surface area contributed by atoms with Crippen LogP contribution in [-0.2, 0) is 0 Å². The average Bonchev–Trinajstić information content (AvgIpc) is 2.89. The molecule has 0 heterocycles. The second-order valence-corrected chi connectivity index (χ2v) is 9.20. The minimum absolute atomic E-state index is 0.244. The molecule has 0 aliphatic rings. The summed E-state index contributed by atoms with van der Waals surface area (Å²) < 4.78 is 11.7. The van der Waals surface area contributed by atoms with Crippen molar-refractivity contribution in [3.8, 4) is 23.0 Å². The Bertz CT molecular complexity index is 1110. The van der Waals surface area contributed by atoms with Gasteiger partial charge in [0, 0.05) is 0 Å². The molecule has 0 amide bonds. The second-order valence-electron chi connectivity index (χ2n) is 9.20. The van der Waals surface area contributed by atoms with E-state index in [0.29, 0.717) is 0 Å². The lowest BCUT2D eigenvalue weighted by Gasteiger charge is -2.09. The molecule has 4 aromatic carbocycles. The van der Waals surface area contributed by atoms with Crippen molar-refractivity contribution >= 4 is 21.5 Å². The fourth-order valence-electron chi connectivity index (χ4n) is 4.04. The zero-order valence-electron chi connectivity index (χ0n) is 21.7. The van der Waals surface area contributed by atoms with Crippen molar-refractivity contribution in [2.45, 2.75) is 65.2 Å². The first-order valence-electron chi connectivity index (χ1n) is 13.3. The van der Waals surface area contributed by atoms with E-state index in [-0.39, 0.29) is 11.5 Å². The normalized spacial score (nSPS) is 10.7. The SMILES string of the molecule is CCCCCCOc1ccc2cc(OCCCCCC)ccc2c1.Oc1ccc2cc(O)ccc2c1. The van der Waals surface area contributed by atoms with Crippen LogP contribution in [-0.4, -0.2) is 23.4 Å². The van der Waals surface area contributed by atoms with Gasteiger partial charge in [-0.2, -0.15) is 0 Å². The van der Waals surface area contributed by atoms with Gasteiger partial charge in [-0.3, -0.25) is 0 Å². The van der Waals surface area contributed by atoms with E-state index in [1.807, 2.05) is 0 Å². The van der Waals surface area contributed by atoms with E-state index in [1.165, 1.54) is 49.3 Å². The molecule has 0 unspecified atom stereocenters. The maximum absolute atomic E-state index is 9.14. The highest BCUT2D eigenvalue weighted by atomic mass is 16.5. The van der Waals surface area contributed by atoms with Gasteiger partial charge in [0.1, 0.15) is 23.0 Å². The van der Waals surface area contributed by atoms with Crippen LogP contribution in [0.2, 0.25) is 0 Å². The largest absolute Gasteiger partial charge is 0.508 e. The van der Waals surface area contributed by atoms with Gasteiger partial charge >= 0.3 is 0 Å². The summed E-state index contributed by atoms with van der Waals surface area (Å²) in [5.74, 6) is 2.42. The van der Waals surface area contributed by atoms with Gasteiger partial charge in [-0.1, -0.05) is 76.6 Å². The maximum Gasteiger partial charge on any atom is 0.119 e. The Morgan fingerprint density at radius 3 is 1.28 bits per heavy atom. The minimum Gasteiger partial charge on any atom is -0.508 e. The van der Waals surface area contributed by atoms with Crippen LogP contribution in [0.1, 0.15) is 65.2 Å². The van der Waals surface area contributed by atoms with Gasteiger partial charge in [-0.25, -0.2) is 0 Å². The van der Waals surface area contributed by atoms with Crippen LogP contribution in [0.4, 0.5) is 0 Å². The molecule has 0 aliphatic carbocycles. The van der Waals surface area contributed by atoms with Crippen molar-refractivity contribution < 1.29 is 19.7 Å². The number of benzene rings is 4. The van der Waals surface area contributed by atoms with Gasteiger partial charge in [-0.15, -0.1) is 0 Å². The molecule has 0 radical (unpaired) electrons. The highest BCUT2D eigenvalue weighted by molar-refractivity contribution is 5.85. The monoisotopic (exact) mass is 488 g/mol. The van der Waals surface area contributed by atoms with E-state index < -0.39 is 0 Å². The van der Waals surface area contributed by atoms with Gasteiger partial charge in [0.05, 0.1) is 13.2 Å². The summed E-state index contributed by atoms with van der Waals surface area (Å²) >= 11 is 0. The zero-order valence-corrected chi connectivity index (χ0v) is 21.7. The lowest BCUT2D eigenvalue weighted by molar-refractivity contribution is 0.304. The van der Waals surface area contributed by atoms with E-state index in [4.69, 9.17) is 19.7 Å². The molecule has 0 spiro atoms. The van der Waals surface area contributed by atoms with Crippen LogP contribution in [0.15, 0.2) is 72.8 Å². The first kappa shape index (κ1) is 27.2. The summed E-state index contributed by atoms with van der Waals surface area (Å²) in [7, 11) is 0. The average molecular weight is 489 g/mol. The Balaban J connectivity index is 0.000000249. The summed E-state index contributed by atoms with van der Waals surface area (Å²) in [5, 5.41) is 22.5. The van der Waals surface area contributed by atoms with Gasteiger partial charge in [0.2, 0.25) is 0 Å². The molecule has 0 atom stereocenters. The number of aromatic hydroxyl groups is 2. The van der Waals surface area contributed by atoms with E-state index in [2.05, 4.69) is 50.2 Å². The number of fused-ring (bicyclic) bond motifs is 2. The molecule has 4 aromatic rings. The van der Waals surface area contributed by atoms with Gasteiger partial charge in [0.15, 0.2) is 0 Å². The van der Waals surface area contributed by atoms with Crippen LogP contribution < -0.4 is 9.47 Å². The van der Waals surface area contributed by atoms with Crippen molar-refractivity contribution in [2.75, 3.05) is 13.2 Å². The van der Waals surface area contributed by atoms with Gasteiger partial charge < -0.3 is 19.7 Å². The Labute approximate surface area is 215 Å². The molecule has 0 saturated carbocycles. The smallest absolute Gasteiger partial charge is 0.119 e. The quantitative estimate of drug-likeness (QED) is 0.195. The summed E-state index contributed by atoms with van der Waals surface area (Å²) in [6, 6.07) is 22.7. The number of phenols is 2. The van der Waals surface area contributed by atoms with Crippen LogP contribution in [0.5, 0.6) is 23.0 Å². The summed E-state index contributed by atoms with van der Waals surface area (Å²) in [5.41, 5.74) is 0. The van der Waals surface area contributed by atoms with E-state index in [0.717, 1.165) is 48.3 Å². The highest BCUT2D eigenvalue weighted by Gasteiger charge is 2.01. The van der Waals surface area contributed by atoms with Crippen molar-refractivity contribution in [1.82, 2.24) is 0 Å². The highest BCUT2D eigenvalue weighted by Crippen LogP contribution is 2.26. The molecule has 4 rings (SSSR count). The molecule has 4 heteroatoms. The molecule has 192 valence electrons. The fraction of sp³-hybridized carbons (Fsp3) is 0.375. The van der Waals surface area contributed by atoms with Crippen LogP contribution >= 0.6 is 0 Å². The fourth-order valence-corrected chi connectivity index (χ4v) is 4.04. The number of phenolic OH excluding ortho intramolecular Hbond substituents is 2. The lowest BCUT2D eigenvalue weighted by atomic mass is 10.1. The Hall–Kier alpha value is -3.40. The summed E-state index contributed by atoms with van der Waals surface area (Å²) in [6.45, 7) is 6.08. The molecule has 0 fully saturated rings. The molecule has 0 aliphatic heterocycles. The Kier molecular flexibility index (Phi) is 11.2. The summed E-state index contributed by atoms with van der Waals surface area (Å²) in [6.07, 6.45) is 9.89. The molecule has 36 heavy (non-hydrogen) atoms. The van der Waals surface area contributed by atoms with E-state index in [1.54, 1.807) is 36.4 Å². The predicted octanol–water partition coefficient (Wildman–Crippen LogP) is 9.01. The number of rotatable bonds is 12. The van der Waals surface area contributed by atoms with Gasteiger partial charge in [-0.05, 0) is 82.9 Å². The molecule has 4 nitrogen and oxygen atoms in total. The number of hydrogen-bond donors (Lipinski definition) is 2. The molecular formula is C32H40O4. The third kappa shape index (κ3) is 8.99. The molecule has 0 aromatic heterocycles. The van der Waals surface area contributed by atoms with E-state index in [9.17, 15) is 0 Å². The van der Waals surface area contributed by atoms with Crippen LogP contribution in [0, 0.1) is 0 Å². The standard InChI is InChI=1S/C22H32O2.C10H8O2/c1-3-5-7-9-15-23-21-13-11-20-18-22(14-12-19(20)17-21)24-16-10-8-6-4-2;11-9-3-1-7-5-10(12)4-2-8(7)6-9/h11-14,17-18H,3-10,15-16H2,1-2H3;1-6,11-12H. The van der Waals surface area contributed by atoms with Crippen molar-refractivity contribution in [1.29, 1.82) is 0 Å². The summed E-state index contributed by atoms with van der Waals surface area (Å²) in [4.78, 5) is 0. The van der Waals surface area contributed by atoms with Crippen molar-refractivity contribution in [2.24, 2.45) is 0 Å². The topological polar surface area (TPSA) is 58.9 Å². The number of ether oxygens (including phenoxy) is 2. The number of unbranched alkanes of at least 4 members (excludes halogenated alkanes) is 6. The van der Waals surface area contributed by atoms with E-state index >= 15 is 0 Å². The maximum atomic E-state index is 9.14. The minimum atomic E-state index is 0.244. The predicted molar refractivity (Wildman–Crippen MR) is 150 cm³/mol. The molecule has 0 bridgehead atoms. The zero-order chi connectivity index (χ0) is 25.6. The molecule has 0 saturated heterocycles. The van der Waals surface area contributed by atoms with Crippen molar-refractivity contribution in [3.63, 3.8) is 0 Å². The van der Waals surface area contributed by atoms with Crippen LogP contribution in [0.3, 0.4) is 0 Å². The molecular weight excluding hydrogens is 448 g/mol. The van der Waals surface area contributed by atoms with Crippen LogP contribution in [0.25, 0.3) is 21.5 Å². The third-order valence-electron chi connectivity index (χ3n) is 6.12. The molecule has 2 N–H and O–H groups in total. The van der Waals surface area contributed by atoms with Crippen molar-refractivity contribution in [3.05, 3.63) is 72.8 Å².